The average molecular weight is 267 g/mol. The lowest BCUT2D eigenvalue weighted by atomic mass is 9.75. The van der Waals surface area contributed by atoms with Crippen LogP contribution in [0, 0.1) is 0 Å². The fourth-order valence-corrected chi connectivity index (χ4v) is 2.76. The fourth-order valence-electron chi connectivity index (χ4n) is 2.76. The average Bonchev–Trinajstić information content (AvgIpc) is 2.81. The Morgan fingerprint density at radius 2 is 2.16 bits per heavy atom. The highest BCUT2D eigenvalue weighted by atomic mass is 16.5. The molecule has 0 aromatic carbocycles. The summed E-state index contributed by atoms with van der Waals surface area (Å²) in [6.07, 6.45) is 4.53. The van der Waals surface area contributed by atoms with Gasteiger partial charge in [0.25, 0.3) is 0 Å². The molecule has 0 radical (unpaired) electrons. The van der Waals surface area contributed by atoms with Crippen LogP contribution in [0.5, 0.6) is 0 Å². The molecular weight excluding hydrogens is 242 g/mol. The largest absolute Gasteiger partial charge is 0.462 e. The minimum Gasteiger partial charge on any atom is -0.462 e. The summed E-state index contributed by atoms with van der Waals surface area (Å²) in [4.78, 5) is 0. The van der Waals surface area contributed by atoms with Crippen molar-refractivity contribution in [1.82, 2.24) is 5.32 Å². The van der Waals surface area contributed by atoms with Gasteiger partial charge in [0.15, 0.2) is 0 Å². The molecule has 0 bridgehead atoms. The van der Waals surface area contributed by atoms with E-state index in [4.69, 9.17) is 13.9 Å². The van der Waals surface area contributed by atoms with Crippen LogP contribution < -0.4 is 5.32 Å². The first kappa shape index (κ1) is 14.6. The summed E-state index contributed by atoms with van der Waals surface area (Å²) < 4.78 is 16.7. The lowest BCUT2D eigenvalue weighted by Gasteiger charge is -2.42. The Morgan fingerprint density at radius 3 is 2.68 bits per heavy atom. The molecule has 2 rings (SSSR count). The van der Waals surface area contributed by atoms with Crippen LogP contribution in [0.4, 0.5) is 0 Å². The number of methoxy groups -OCH3 is 2. The minimum atomic E-state index is 0.0427. The van der Waals surface area contributed by atoms with Gasteiger partial charge in [-0.15, -0.1) is 0 Å². The van der Waals surface area contributed by atoms with Gasteiger partial charge >= 0.3 is 0 Å². The molecule has 1 atom stereocenters. The van der Waals surface area contributed by atoms with Crippen LogP contribution in [0.15, 0.2) is 16.5 Å². The van der Waals surface area contributed by atoms with Crippen LogP contribution in [0.3, 0.4) is 0 Å². The van der Waals surface area contributed by atoms with E-state index in [0.29, 0.717) is 6.61 Å². The molecule has 1 aromatic rings. The van der Waals surface area contributed by atoms with Crippen molar-refractivity contribution >= 4 is 0 Å². The maximum atomic E-state index is 5.85. The molecule has 1 N–H and O–H groups in total. The van der Waals surface area contributed by atoms with Crippen molar-refractivity contribution in [2.45, 2.75) is 50.9 Å². The molecular formula is C15H25NO3. The van der Waals surface area contributed by atoms with E-state index in [2.05, 4.69) is 12.2 Å². The first-order chi connectivity index (χ1) is 9.23. The van der Waals surface area contributed by atoms with E-state index in [9.17, 15) is 0 Å². The van der Waals surface area contributed by atoms with E-state index in [1.54, 1.807) is 7.11 Å². The molecule has 1 aliphatic carbocycles. The van der Waals surface area contributed by atoms with Crippen molar-refractivity contribution in [3.8, 4) is 0 Å². The summed E-state index contributed by atoms with van der Waals surface area (Å²) in [5.41, 5.74) is 0.0427. The molecule has 1 heterocycles. The van der Waals surface area contributed by atoms with E-state index in [-0.39, 0.29) is 11.6 Å². The molecule has 4 heteroatoms. The Labute approximate surface area is 115 Å². The Bertz CT molecular complexity index is 379. The van der Waals surface area contributed by atoms with Gasteiger partial charge < -0.3 is 19.2 Å². The van der Waals surface area contributed by atoms with E-state index in [0.717, 1.165) is 37.3 Å². The lowest BCUT2D eigenvalue weighted by Crippen LogP contribution is -2.42. The maximum Gasteiger partial charge on any atom is 0.129 e. The molecule has 1 unspecified atom stereocenters. The Morgan fingerprint density at radius 1 is 1.37 bits per heavy atom. The summed E-state index contributed by atoms with van der Waals surface area (Å²) in [5.74, 6) is 1.86. The molecule has 0 saturated heterocycles. The highest BCUT2D eigenvalue weighted by Gasteiger charge is 2.39. The second kappa shape index (κ2) is 6.55. The summed E-state index contributed by atoms with van der Waals surface area (Å²) >= 11 is 0. The number of ether oxygens (including phenoxy) is 2. The van der Waals surface area contributed by atoms with Crippen LogP contribution in [-0.4, -0.2) is 26.4 Å². The van der Waals surface area contributed by atoms with Gasteiger partial charge in [-0.25, -0.2) is 0 Å². The number of rotatable bonds is 8. The molecule has 1 fully saturated rings. The van der Waals surface area contributed by atoms with Gasteiger partial charge in [-0.05, 0) is 44.4 Å². The van der Waals surface area contributed by atoms with E-state index >= 15 is 0 Å². The lowest BCUT2D eigenvalue weighted by molar-refractivity contribution is -0.0849. The Hall–Kier alpha value is -0.840. The predicted octanol–water partition coefficient (Wildman–Crippen LogP) is 3.04. The quantitative estimate of drug-likeness (QED) is 0.786. The number of furan rings is 1. The van der Waals surface area contributed by atoms with Crippen molar-refractivity contribution in [1.29, 1.82) is 0 Å². The van der Waals surface area contributed by atoms with Gasteiger partial charge in [0.05, 0.1) is 11.6 Å². The third-order valence-electron chi connectivity index (χ3n) is 4.04. The first-order valence-electron chi connectivity index (χ1n) is 7.09. The minimum absolute atomic E-state index is 0.0427. The second-order valence-electron chi connectivity index (χ2n) is 5.29. The standard InChI is InChI=1S/C15H25NO3/c1-4-16-13(10-15(18-3)8-5-9-15)14-7-6-12(19-14)11-17-2/h6-7,13,16H,4-5,8-11H2,1-3H3. The van der Waals surface area contributed by atoms with Crippen molar-refractivity contribution < 1.29 is 13.9 Å². The molecule has 4 nitrogen and oxygen atoms in total. The van der Waals surface area contributed by atoms with Crippen LogP contribution >= 0.6 is 0 Å². The zero-order valence-electron chi connectivity index (χ0n) is 12.2. The van der Waals surface area contributed by atoms with E-state index in [1.165, 1.54) is 6.42 Å². The topological polar surface area (TPSA) is 43.6 Å². The van der Waals surface area contributed by atoms with E-state index in [1.807, 2.05) is 19.2 Å². The van der Waals surface area contributed by atoms with Gasteiger partial charge in [0.1, 0.15) is 18.1 Å². The number of hydrogen-bond donors (Lipinski definition) is 1. The molecule has 0 spiro atoms. The third-order valence-corrected chi connectivity index (χ3v) is 4.04. The van der Waals surface area contributed by atoms with Crippen LogP contribution in [-0.2, 0) is 16.1 Å². The smallest absolute Gasteiger partial charge is 0.129 e. The monoisotopic (exact) mass is 267 g/mol. The van der Waals surface area contributed by atoms with Gasteiger partial charge in [-0.2, -0.15) is 0 Å². The predicted molar refractivity (Wildman–Crippen MR) is 74.0 cm³/mol. The summed E-state index contributed by atoms with van der Waals surface area (Å²) in [6, 6.07) is 4.25. The molecule has 1 aliphatic rings. The molecule has 1 aromatic heterocycles. The molecule has 0 aliphatic heterocycles. The Kier molecular flexibility index (Phi) is 5.02. The van der Waals surface area contributed by atoms with Gasteiger partial charge in [-0.3, -0.25) is 0 Å². The number of hydrogen-bond acceptors (Lipinski definition) is 4. The normalized spacial score (nSPS) is 19.1. The van der Waals surface area contributed by atoms with Crippen molar-refractivity contribution in [3.63, 3.8) is 0 Å². The van der Waals surface area contributed by atoms with Gasteiger partial charge in [-0.1, -0.05) is 6.92 Å². The maximum absolute atomic E-state index is 5.85. The van der Waals surface area contributed by atoms with Crippen LogP contribution in [0.2, 0.25) is 0 Å². The molecule has 0 amide bonds. The fraction of sp³-hybridized carbons (Fsp3) is 0.733. The van der Waals surface area contributed by atoms with Crippen LogP contribution in [0.25, 0.3) is 0 Å². The highest BCUT2D eigenvalue weighted by molar-refractivity contribution is 5.12. The van der Waals surface area contributed by atoms with Crippen molar-refractivity contribution in [2.24, 2.45) is 0 Å². The highest BCUT2D eigenvalue weighted by Crippen LogP contribution is 2.42. The molecule has 1 saturated carbocycles. The summed E-state index contributed by atoms with van der Waals surface area (Å²) in [7, 11) is 3.50. The second-order valence-corrected chi connectivity index (χ2v) is 5.29. The van der Waals surface area contributed by atoms with Crippen molar-refractivity contribution in [2.75, 3.05) is 20.8 Å². The van der Waals surface area contributed by atoms with E-state index < -0.39 is 0 Å². The zero-order chi connectivity index (χ0) is 13.7. The van der Waals surface area contributed by atoms with Crippen molar-refractivity contribution in [3.05, 3.63) is 23.7 Å². The van der Waals surface area contributed by atoms with Crippen LogP contribution in [0.1, 0.15) is 50.2 Å². The Balaban J connectivity index is 2.05. The zero-order valence-corrected chi connectivity index (χ0v) is 12.2. The summed E-state index contributed by atoms with van der Waals surface area (Å²) in [6.45, 7) is 3.56. The third kappa shape index (κ3) is 3.38. The molecule has 108 valence electrons. The molecule has 19 heavy (non-hydrogen) atoms. The number of nitrogens with one attached hydrogen (secondary N) is 1. The summed E-state index contributed by atoms with van der Waals surface area (Å²) in [5, 5.41) is 3.50. The van der Waals surface area contributed by atoms with Gasteiger partial charge in [0, 0.05) is 14.2 Å². The van der Waals surface area contributed by atoms with Gasteiger partial charge in [0.2, 0.25) is 0 Å². The SMILES string of the molecule is CCNC(CC1(OC)CCC1)c1ccc(COC)o1. The first-order valence-corrected chi connectivity index (χ1v) is 7.09.